The first-order valence-electron chi connectivity index (χ1n) is 12.1. The molecule has 0 unspecified atom stereocenters. The first-order chi connectivity index (χ1) is 15.7. The van der Waals surface area contributed by atoms with Crippen molar-refractivity contribution < 1.29 is 9.59 Å². The van der Waals surface area contributed by atoms with Gasteiger partial charge in [-0.25, -0.2) is 0 Å². The number of Topliss-reactive ketones (excluding diaryl/α,β-unsaturated/α-hetero) is 1. The van der Waals surface area contributed by atoms with Crippen LogP contribution in [0.3, 0.4) is 0 Å². The molecule has 6 nitrogen and oxygen atoms in total. The highest BCUT2D eigenvalue weighted by Crippen LogP contribution is 2.35. The lowest BCUT2D eigenvalue weighted by atomic mass is 9.73. The lowest BCUT2D eigenvalue weighted by Crippen LogP contribution is -2.44. The lowest BCUT2D eigenvalue weighted by Gasteiger charge is -2.33. The van der Waals surface area contributed by atoms with Crippen LogP contribution in [0.4, 0.5) is 0 Å². The fourth-order valence-corrected chi connectivity index (χ4v) is 5.17. The maximum absolute atomic E-state index is 13.6. The SMILES string of the molecule is Cc1ccc(-n2cc3c(c(C(=O)NCCN4CCCC[C@@H]4C)c2=O)CC(C)(C)CC3=O)cc1. The number of amides is 1. The lowest BCUT2D eigenvalue weighted by molar-refractivity contribution is 0.0907. The van der Waals surface area contributed by atoms with Gasteiger partial charge in [-0.2, -0.15) is 0 Å². The van der Waals surface area contributed by atoms with E-state index >= 15 is 0 Å². The molecule has 1 atom stereocenters. The Balaban J connectivity index is 1.69. The Kier molecular flexibility index (Phi) is 6.57. The Hall–Kier alpha value is -2.73. The van der Waals surface area contributed by atoms with Gasteiger partial charge in [-0.3, -0.25) is 23.9 Å². The number of piperidine rings is 1. The molecule has 2 aliphatic rings. The summed E-state index contributed by atoms with van der Waals surface area (Å²) in [7, 11) is 0. The zero-order chi connectivity index (χ0) is 23.8. The van der Waals surface area contributed by atoms with Crippen molar-refractivity contribution in [1.29, 1.82) is 0 Å². The molecule has 0 radical (unpaired) electrons. The highest BCUT2D eigenvalue weighted by Gasteiger charge is 2.36. The third-order valence-electron chi connectivity index (χ3n) is 7.08. The molecule has 6 heteroatoms. The van der Waals surface area contributed by atoms with E-state index < -0.39 is 0 Å². The molecule has 1 fully saturated rings. The van der Waals surface area contributed by atoms with Crippen molar-refractivity contribution in [2.75, 3.05) is 19.6 Å². The minimum absolute atomic E-state index is 0.0155. The van der Waals surface area contributed by atoms with Crippen LogP contribution in [0.5, 0.6) is 0 Å². The van der Waals surface area contributed by atoms with E-state index in [4.69, 9.17) is 0 Å². The molecule has 1 aromatic heterocycles. The summed E-state index contributed by atoms with van der Waals surface area (Å²) in [5.41, 5.74) is 2.27. The van der Waals surface area contributed by atoms with Gasteiger partial charge in [-0.05, 0) is 62.8 Å². The third-order valence-corrected chi connectivity index (χ3v) is 7.08. The summed E-state index contributed by atoms with van der Waals surface area (Å²) < 4.78 is 1.45. The van der Waals surface area contributed by atoms with E-state index in [1.807, 2.05) is 45.0 Å². The molecule has 1 aromatic carbocycles. The average Bonchev–Trinajstić information content (AvgIpc) is 2.75. The highest BCUT2D eigenvalue weighted by atomic mass is 16.2. The summed E-state index contributed by atoms with van der Waals surface area (Å²) in [6, 6.07) is 8.05. The first-order valence-corrected chi connectivity index (χ1v) is 12.1. The van der Waals surface area contributed by atoms with Crippen LogP contribution in [-0.4, -0.2) is 46.8 Å². The minimum atomic E-state index is -0.382. The van der Waals surface area contributed by atoms with Crippen molar-refractivity contribution in [2.24, 2.45) is 5.41 Å². The quantitative estimate of drug-likeness (QED) is 0.751. The Bertz CT molecular complexity index is 1110. The standard InChI is InChI=1S/C27H35N3O3/c1-18-8-10-20(11-9-18)30-17-22-21(15-27(3,4)16-23(22)31)24(26(30)33)25(32)28-12-14-29-13-6-5-7-19(29)2/h8-11,17,19H,5-7,12-16H2,1-4H3,(H,28,32)/t19-/m0/s1. The molecule has 0 spiro atoms. The number of benzene rings is 1. The molecule has 1 N–H and O–H groups in total. The topological polar surface area (TPSA) is 71.4 Å². The van der Waals surface area contributed by atoms with E-state index in [0.29, 0.717) is 42.2 Å². The molecule has 0 saturated carbocycles. The van der Waals surface area contributed by atoms with Gasteiger partial charge in [0, 0.05) is 43.0 Å². The maximum Gasteiger partial charge on any atom is 0.268 e. The number of hydrogen-bond donors (Lipinski definition) is 1. The first kappa shape index (κ1) is 23.4. The molecule has 1 aliphatic carbocycles. The number of pyridine rings is 1. The van der Waals surface area contributed by atoms with E-state index in [9.17, 15) is 14.4 Å². The summed E-state index contributed by atoms with van der Waals surface area (Å²) in [4.78, 5) is 42.4. The van der Waals surface area contributed by atoms with Crippen molar-refractivity contribution >= 4 is 11.7 Å². The second kappa shape index (κ2) is 9.26. The largest absolute Gasteiger partial charge is 0.351 e. The van der Waals surface area contributed by atoms with Gasteiger partial charge in [0.1, 0.15) is 5.56 Å². The van der Waals surface area contributed by atoms with Crippen LogP contribution in [0.15, 0.2) is 35.3 Å². The number of nitrogens with zero attached hydrogens (tertiary/aromatic N) is 2. The van der Waals surface area contributed by atoms with Gasteiger partial charge < -0.3 is 5.32 Å². The van der Waals surface area contributed by atoms with Gasteiger partial charge in [0.25, 0.3) is 11.5 Å². The average molecular weight is 450 g/mol. The number of ketones is 1. The molecule has 0 bridgehead atoms. The number of fused-ring (bicyclic) bond motifs is 1. The van der Waals surface area contributed by atoms with Gasteiger partial charge >= 0.3 is 0 Å². The second-order valence-corrected chi connectivity index (χ2v) is 10.5. The highest BCUT2D eigenvalue weighted by molar-refractivity contribution is 6.04. The Morgan fingerprint density at radius 2 is 1.85 bits per heavy atom. The molecule has 2 heterocycles. The molecule has 4 rings (SSSR count). The zero-order valence-corrected chi connectivity index (χ0v) is 20.2. The van der Waals surface area contributed by atoms with Crippen molar-refractivity contribution in [3.8, 4) is 5.69 Å². The van der Waals surface area contributed by atoms with E-state index in [1.54, 1.807) is 6.20 Å². The van der Waals surface area contributed by atoms with Crippen LogP contribution in [0.2, 0.25) is 0 Å². The van der Waals surface area contributed by atoms with E-state index in [1.165, 1.54) is 23.8 Å². The predicted octanol–water partition coefficient (Wildman–Crippen LogP) is 3.91. The minimum Gasteiger partial charge on any atom is -0.351 e. The Morgan fingerprint density at radius 3 is 2.55 bits per heavy atom. The van der Waals surface area contributed by atoms with Crippen LogP contribution in [0.25, 0.3) is 5.69 Å². The number of rotatable bonds is 5. The summed E-state index contributed by atoms with van der Waals surface area (Å²) in [5.74, 6) is -0.397. The van der Waals surface area contributed by atoms with E-state index in [2.05, 4.69) is 17.1 Å². The van der Waals surface area contributed by atoms with Crippen molar-refractivity contribution in [1.82, 2.24) is 14.8 Å². The van der Waals surface area contributed by atoms with Gasteiger partial charge in [-0.15, -0.1) is 0 Å². The predicted molar refractivity (Wildman–Crippen MR) is 130 cm³/mol. The van der Waals surface area contributed by atoms with Crippen LogP contribution < -0.4 is 10.9 Å². The summed E-state index contributed by atoms with van der Waals surface area (Å²) in [6.45, 7) is 10.5. The fourth-order valence-electron chi connectivity index (χ4n) is 5.17. The summed E-state index contributed by atoms with van der Waals surface area (Å²) in [6.07, 6.45) is 6.18. The molecule has 2 aromatic rings. The van der Waals surface area contributed by atoms with Gasteiger partial charge in [0.15, 0.2) is 5.78 Å². The number of nitrogens with one attached hydrogen (secondary N) is 1. The zero-order valence-electron chi connectivity index (χ0n) is 20.2. The Morgan fingerprint density at radius 1 is 1.12 bits per heavy atom. The molecular formula is C27H35N3O3. The van der Waals surface area contributed by atoms with Crippen molar-refractivity contribution in [2.45, 2.75) is 65.8 Å². The number of aryl methyl sites for hydroxylation is 1. The second-order valence-electron chi connectivity index (χ2n) is 10.5. The molecular weight excluding hydrogens is 414 g/mol. The number of carbonyl (C=O) groups excluding carboxylic acids is 2. The summed E-state index contributed by atoms with van der Waals surface area (Å²) >= 11 is 0. The number of carbonyl (C=O) groups is 2. The third kappa shape index (κ3) is 4.96. The molecule has 1 amide bonds. The monoisotopic (exact) mass is 449 g/mol. The van der Waals surface area contributed by atoms with Gasteiger partial charge in [0.2, 0.25) is 0 Å². The molecule has 1 saturated heterocycles. The number of aromatic nitrogens is 1. The molecule has 176 valence electrons. The van der Waals surface area contributed by atoms with Gasteiger partial charge in [-0.1, -0.05) is 38.0 Å². The Labute approximate surface area is 196 Å². The number of likely N-dealkylation sites (tertiary alicyclic amines) is 1. The smallest absolute Gasteiger partial charge is 0.268 e. The van der Waals surface area contributed by atoms with Crippen molar-refractivity contribution in [3.05, 3.63) is 63.1 Å². The number of hydrogen-bond acceptors (Lipinski definition) is 4. The van der Waals surface area contributed by atoms with E-state index in [0.717, 1.165) is 18.7 Å². The van der Waals surface area contributed by atoms with Crippen LogP contribution in [-0.2, 0) is 6.42 Å². The van der Waals surface area contributed by atoms with Crippen LogP contribution in [0, 0.1) is 12.3 Å². The normalized spacial score (nSPS) is 20.4. The van der Waals surface area contributed by atoms with Gasteiger partial charge in [0.05, 0.1) is 0 Å². The van der Waals surface area contributed by atoms with E-state index in [-0.39, 0.29) is 28.2 Å². The van der Waals surface area contributed by atoms with Crippen LogP contribution in [0.1, 0.15) is 78.3 Å². The summed E-state index contributed by atoms with van der Waals surface area (Å²) in [5, 5.41) is 2.98. The maximum atomic E-state index is 13.6. The molecule has 1 aliphatic heterocycles. The molecule has 33 heavy (non-hydrogen) atoms. The van der Waals surface area contributed by atoms with Crippen LogP contribution >= 0.6 is 0 Å². The van der Waals surface area contributed by atoms with Crippen molar-refractivity contribution in [3.63, 3.8) is 0 Å². The fraction of sp³-hybridized carbons (Fsp3) is 0.519.